The molecule has 16 heavy (non-hydrogen) atoms. The second-order valence-corrected chi connectivity index (χ2v) is 7.07. The summed E-state index contributed by atoms with van der Waals surface area (Å²) in [5.74, 6) is 0.815. The minimum Gasteiger partial charge on any atom is -0.491 e. The topological polar surface area (TPSA) is 9.23 Å². The SMILES string of the molecule is CCCCOc1c(Br)c(Br)c(Br)c(Br)c1Br. The fourth-order valence-electron chi connectivity index (χ4n) is 1.03. The minimum atomic E-state index is 0.716. The van der Waals surface area contributed by atoms with Gasteiger partial charge in [0.1, 0.15) is 5.75 Å². The summed E-state index contributed by atoms with van der Waals surface area (Å²) < 4.78 is 10.4. The van der Waals surface area contributed by atoms with Crippen LogP contribution in [-0.2, 0) is 0 Å². The predicted octanol–water partition coefficient (Wildman–Crippen LogP) is 6.68. The molecule has 0 atom stereocenters. The molecule has 0 aliphatic heterocycles. The van der Waals surface area contributed by atoms with E-state index in [9.17, 15) is 0 Å². The van der Waals surface area contributed by atoms with Crippen LogP contribution in [0.2, 0.25) is 0 Å². The quantitative estimate of drug-likeness (QED) is 0.234. The van der Waals surface area contributed by atoms with Crippen LogP contribution < -0.4 is 4.74 Å². The lowest BCUT2D eigenvalue weighted by molar-refractivity contribution is 0.305. The van der Waals surface area contributed by atoms with Gasteiger partial charge in [0.15, 0.2) is 0 Å². The van der Waals surface area contributed by atoms with Gasteiger partial charge in [0, 0.05) is 4.47 Å². The molecule has 0 N–H and O–H groups in total. The van der Waals surface area contributed by atoms with Gasteiger partial charge in [-0.2, -0.15) is 0 Å². The van der Waals surface area contributed by atoms with E-state index in [1.54, 1.807) is 0 Å². The van der Waals surface area contributed by atoms with Gasteiger partial charge in [0.25, 0.3) is 0 Å². The average molecular weight is 545 g/mol. The normalized spacial score (nSPS) is 10.6. The summed E-state index contributed by atoms with van der Waals surface area (Å²) in [7, 11) is 0. The second-order valence-electron chi connectivity index (χ2n) is 3.10. The number of benzene rings is 1. The number of hydrogen-bond donors (Lipinski definition) is 0. The first-order chi connectivity index (χ1) is 7.50. The molecule has 0 saturated carbocycles. The van der Waals surface area contributed by atoms with Gasteiger partial charge in [-0.25, -0.2) is 0 Å². The van der Waals surface area contributed by atoms with E-state index in [0.717, 1.165) is 41.0 Å². The van der Waals surface area contributed by atoms with E-state index < -0.39 is 0 Å². The first kappa shape index (κ1) is 15.5. The number of ether oxygens (including phenoxy) is 1. The molecule has 0 fully saturated rings. The molecule has 0 saturated heterocycles. The summed E-state index contributed by atoms with van der Waals surface area (Å²) in [6.45, 7) is 2.86. The van der Waals surface area contributed by atoms with Gasteiger partial charge < -0.3 is 4.74 Å². The highest BCUT2D eigenvalue weighted by Gasteiger charge is 2.18. The Morgan fingerprint density at radius 3 is 1.69 bits per heavy atom. The van der Waals surface area contributed by atoms with Crippen molar-refractivity contribution in [1.29, 1.82) is 0 Å². The van der Waals surface area contributed by atoms with Gasteiger partial charge in [0.2, 0.25) is 0 Å². The zero-order valence-corrected chi connectivity index (χ0v) is 16.3. The van der Waals surface area contributed by atoms with Crippen molar-refractivity contribution in [3.63, 3.8) is 0 Å². The van der Waals surface area contributed by atoms with Crippen molar-refractivity contribution in [2.45, 2.75) is 19.8 Å². The second kappa shape index (κ2) is 7.12. The third-order valence-electron chi connectivity index (χ3n) is 1.91. The fourth-order valence-corrected chi connectivity index (χ4v) is 4.27. The number of rotatable bonds is 4. The molecule has 1 aromatic rings. The molecule has 6 heteroatoms. The summed E-state index contributed by atoms with van der Waals surface area (Å²) in [5.41, 5.74) is 0. The molecular weight excluding hydrogens is 536 g/mol. The summed E-state index contributed by atoms with van der Waals surface area (Å²) in [4.78, 5) is 0. The highest BCUT2D eigenvalue weighted by atomic mass is 79.9. The van der Waals surface area contributed by atoms with Crippen LogP contribution in [0, 0.1) is 0 Å². The van der Waals surface area contributed by atoms with Gasteiger partial charge in [-0.1, -0.05) is 13.3 Å². The molecule has 0 heterocycles. The first-order valence-corrected chi connectivity index (χ1v) is 8.61. The molecule has 0 bridgehead atoms. The van der Waals surface area contributed by atoms with E-state index in [1.807, 2.05) is 0 Å². The van der Waals surface area contributed by atoms with E-state index in [4.69, 9.17) is 4.74 Å². The number of hydrogen-bond acceptors (Lipinski definition) is 1. The lowest BCUT2D eigenvalue weighted by Gasteiger charge is -2.14. The van der Waals surface area contributed by atoms with Crippen molar-refractivity contribution in [2.75, 3.05) is 6.61 Å². The van der Waals surface area contributed by atoms with Crippen molar-refractivity contribution in [2.24, 2.45) is 0 Å². The van der Waals surface area contributed by atoms with E-state index >= 15 is 0 Å². The molecule has 0 spiro atoms. The lowest BCUT2D eigenvalue weighted by Crippen LogP contribution is -1.99. The van der Waals surface area contributed by atoms with E-state index in [2.05, 4.69) is 86.6 Å². The van der Waals surface area contributed by atoms with E-state index in [0.29, 0.717) is 6.61 Å². The van der Waals surface area contributed by atoms with Crippen molar-refractivity contribution < 1.29 is 4.74 Å². The van der Waals surface area contributed by atoms with Gasteiger partial charge in [-0.3, -0.25) is 0 Å². The predicted molar refractivity (Wildman–Crippen MR) is 85.3 cm³/mol. The van der Waals surface area contributed by atoms with Gasteiger partial charge in [-0.15, -0.1) is 0 Å². The highest BCUT2D eigenvalue weighted by Crippen LogP contribution is 2.48. The van der Waals surface area contributed by atoms with Crippen LogP contribution in [0.1, 0.15) is 19.8 Å². The zero-order valence-electron chi connectivity index (χ0n) is 8.42. The Bertz CT molecular complexity index is 362. The largest absolute Gasteiger partial charge is 0.491 e. The van der Waals surface area contributed by atoms with Gasteiger partial charge in [0.05, 0.1) is 24.5 Å². The van der Waals surface area contributed by atoms with Crippen LogP contribution in [-0.4, -0.2) is 6.61 Å². The number of halogens is 5. The first-order valence-electron chi connectivity index (χ1n) is 4.64. The molecule has 1 aromatic carbocycles. The third kappa shape index (κ3) is 3.46. The maximum Gasteiger partial charge on any atom is 0.150 e. The van der Waals surface area contributed by atoms with E-state index in [1.165, 1.54) is 0 Å². The molecule has 0 aliphatic carbocycles. The van der Waals surface area contributed by atoms with Crippen LogP contribution in [0.25, 0.3) is 0 Å². The Kier molecular flexibility index (Phi) is 6.89. The van der Waals surface area contributed by atoms with Crippen LogP contribution in [0.15, 0.2) is 22.4 Å². The molecule has 0 aromatic heterocycles. The molecule has 1 rings (SSSR count). The minimum absolute atomic E-state index is 0.716. The Hall–Kier alpha value is 1.42. The van der Waals surface area contributed by atoms with Crippen molar-refractivity contribution in [1.82, 2.24) is 0 Å². The Labute approximate surface area is 137 Å². The summed E-state index contributed by atoms with van der Waals surface area (Å²) in [5, 5.41) is 0. The molecule has 0 unspecified atom stereocenters. The van der Waals surface area contributed by atoms with Crippen LogP contribution in [0.4, 0.5) is 0 Å². The average Bonchev–Trinajstić information content (AvgIpc) is 2.28. The van der Waals surface area contributed by atoms with Crippen LogP contribution in [0.5, 0.6) is 5.75 Å². The van der Waals surface area contributed by atoms with Crippen LogP contribution >= 0.6 is 79.6 Å². The third-order valence-corrected chi connectivity index (χ3v) is 7.93. The summed E-state index contributed by atoms with van der Waals surface area (Å²) >= 11 is 17.5. The monoisotopic (exact) mass is 540 g/mol. The molecule has 90 valence electrons. The molecule has 0 amide bonds. The molecule has 0 aliphatic rings. The highest BCUT2D eigenvalue weighted by molar-refractivity contribution is 9.15. The lowest BCUT2D eigenvalue weighted by atomic mass is 10.3. The summed E-state index contributed by atoms with van der Waals surface area (Å²) in [6, 6.07) is 0. The van der Waals surface area contributed by atoms with Gasteiger partial charge in [-0.05, 0) is 86.1 Å². The summed E-state index contributed by atoms with van der Waals surface area (Å²) in [6.07, 6.45) is 2.16. The Morgan fingerprint density at radius 1 is 0.812 bits per heavy atom. The Balaban J connectivity index is 3.08. The van der Waals surface area contributed by atoms with Crippen molar-refractivity contribution in [3.8, 4) is 5.75 Å². The standard InChI is InChI=1S/C10H9Br5O/c1-2-3-4-16-10-8(14)6(12)5(11)7(13)9(10)15/h2-4H2,1H3. The fraction of sp³-hybridized carbons (Fsp3) is 0.400. The maximum atomic E-state index is 5.75. The van der Waals surface area contributed by atoms with E-state index in [-0.39, 0.29) is 0 Å². The zero-order chi connectivity index (χ0) is 12.3. The van der Waals surface area contributed by atoms with Gasteiger partial charge >= 0.3 is 0 Å². The maximum absolute atomic E-state index is 5.75. The number of unbranched alkanes of at least 4 members (excludes halogenated alkanes) is 1. The van der Waals surface area contributed by atoms with Crippen LogP contribution in [0.3, 0.4) is 0 Å². The molecular formula is C10H9Br5O. The smallest absolute Gasteiger partial charge is 0.150 e. The van der Waals surface area contributed by atoms with Crippen molar-refractivity contribution in [3.05, 3.63) is 22.4 Å². The molecule has 1 nitrogen and oxygen atoms in total. The Morgan fingerprint density at radius 2 is 1.25 bits per heavy atom. The van der Waals surface area contributed by atoms with Crippen molar-refractivity contribution >= 4 is 79.6 Å². The molecule has 0 radical (unpaired) electrons.